The molecule has 5 rings (SSSR count). The maximum absolute atomic E-state index is 14.2. The van der Waals surface area contributed by atoms with Crippen LogP contribution in [0.1, 0.15) is 25.7 Å². The van der Waals surface area contributed by atoms with Gasteiger partial charge >= 0.3 is 0 Å². The van der Waals surface area contributed by atoms with Crippen molar-refractivity contribution in [3.8, 4) is 17.0 Å². The summed E-state index contributed by atoms with van der Waals surface area (Å²) in [6.07, 6.45) is 3.97. The first kappa shape index (κ1) is 19.6. The Morgan fingerprint density at radius 1 is 1.10 bits per heavy atom. The van der Waals surface area contributed by atoms with Gasteiger partial charge in [0.15, 0.2) is 12.4 Å². The van der Waals surface area contributed by atoms with E-state index in [1.807, 2.05) is 17.5 Å². The second-order valence-electron chi connectivity index (χ2n) is 7.34. The molecule has 0 unspecified atom stereocenters. The van der Waals surface area contributed by atoms with E-state index >= 15 is 0 Å². The zero-order valence-electron chi connectivity index (χ0n) is 16.4. The van der Waals surface area contributed by atoms with Crippen molar-refractivity contribution >= 4 is 34.3 Å². The number of anilines is 1. The number of fused-ring (bicyclic) bond motifs is 1. The highest BCUT2D eigenvalue weighted by atomic mass is 32.1. The number of benzene rings is 2. The second-order valence-corrected chi connectivity index (χ2v) is 8.18. The fraction of sp³-hybridized carbons (Fsp3) is 0.227. The summed E-state index contributed by atoms with van der Waals surface area (Å²) in [6.45, 7) is -0.00921. The largest absolute Gasteiger partial charge is 0.482 e. The summed E-state index contributed by atoms with van der Waals surface area (Å²) in [5, 5.41) is 9.49. The number of amides is 1. The molecule has 2 heterocycles. The molecule has 0 bridgehead atoms. The summed E-state index contributed by atoms with van der Waals surface area (Å²) >= 11 is 1.31. The van der Waals surface area contributed by atoms with Gasteiger partial charge in [-0.2, -0.15) is 5.10 Å². The zero-order valence-corrected chi connectivity index (χ0v) is 17.2. The lowest BCUT2D eigenvalue weighted by molar-refractivity contribution is -0.118. The van der Waals surface area contributed by atoms with Crippen molar-refractivity contribution in [3.63, 3.8) is 0 Å². The standard InChI is InChI=1S/C22H18F2N4O2S/c23-14-6-7-17(16(24)10-14)26-22-28(27-15-3-1-2-4-15)19(12-31-22)13-5-8-20-18(9-13)25-21(29)11-30-20/h5-10,12H,1-4,11H2,(H,25,29). The van der Waals surface area contributed by atoms with Crippen LogP contribution in [-0.2, 0) is 4.79 Å². The number of nitrogens with zero attached hydrogens (tertiary/aromatic N) is 3. The van der Waals surface area contributed by atoms with Crippen molar-refractivity contribution in [2.24, 2.45) is 10.1 Å². The minimum atomic E-state index is -0.733. The van der Waals surface area contributed by atoms with Crippen LogP contribution in [0, 0.1) is 11.6 Å². The number of thiazole rings is 1. The lowest BCUT2D eigenvalue weighted by Crippen LogP contribution is -2.25. The molecule has 0 saturated heterocycles. The third-order valence-corrected chi connectivity index (χ3v) is 5.96. The first-order valence-corrected chi connectivity index (χ1v) is 10.8. The lowest BCUT2D eigenvalue weighted by Gasteiger charge is -2.18. The molecular weight excluding hydrogens is 422 g/mol. The van der Waals surface area contributed by atoms with Crippen molar-refractivity contribution in [2.75, 3.05) is 11.9 Å². The molecule has 1 N–H and O–H groups in total. The molecule has 1 amide bonds. The Balaban J connectivity index is 1.65. The highest BCUT2D eigenvalue weighted by Gasteiger charge is 2.18. The summed E-state index contributed by atoms with van der Waals surface area (Å²) in [6, 6.07) is 8.80. The van der Waals surface area contributed by atoms with E-state index in [4.69, 9.17) is 9.84 Å². The van der Waals surface area contributed by atoms with E-state index in [0.29, 0.717) is 16.2 Å². The van der Waals surface area contributed by atoms with Crippen molar-refractivity contribution in [2.45, 2.75) is 25.7 Å². The van der Waals surface area contributed by atoms with Crippen molar-refractivity contribution < 1.29 is 18.3 Å². The van der Waals surface area contributed by atoms with Gasteiger partial charge in [-0.15, -0.1) is 11.3 Å². The number of ether oxygens (including phenoxy) is 1. The average Bonchev–Trinajstić information content (AvgIpc) is 3.40. The minimum Gasteiger partial charge on any atom is -0.482 e. The monoisotopic (exact) mass is 440 g/mol. The molecule has 0 atom stereocenters. The summed E-state index contributed by atoms with van der Waals surface area (Å²) in [5.41, 5.74) is 3.25. The van der Waals surface area contributed by atoms with Crippen LogP contribution < -0.4 is 14.9 Å². The van der Waals surface area contributed by atoms with E-state index in [1.165, 1.54) is 23.5 Å². The minimum absolute atomic E-state index is 0.00921. The molecule has 9 heteroatoms. The summed E-state index contributed by atoms with van der Waals surface area (Å²) in [4.78, 5) is 16.6. The number of carbonyl (C=O) groups excluding carboxylic acids is 1. The Hall–Kier alpha value is -3.33. The molecule has 1 aliphatic heterocycles. The van der Waals surface area contributed by atoms with E-state index in [9.17, 15) is 13.6 Å². The van der Waals surface area contributed by atoms with Gasteiger partial charge in [0.2, 0.25) is 4.80 Å². The van der Waals surface area contributed by atoms with E-state index in [0.717, 1.165) is 48.7 Å². The topological polar surface area (TPSA) is 68.0 Å². The van der Waals surface area contributed by atoms with Gasteiger partial charge in [-0.05, 0) is 56.0 Å². The van der Waals surface area contributed by atoms with Gasteiger partial charge in [-0.25, -0.2) is 18.4 Å². The Morgan fingerprint density at radius 2 is 1.94 bits per heavy atom. The van der Waals surface area contributed by atoms with Crippen molar-refractivity contribution in [3.05, 3.63) is 58.2 Å². The van der Waals surface area contributed by atoms with Crippen LogP contribution in [0.25, 0.3) is 11.3 Å². The molecule has 31 heavy (non-hydrogen) atoms. The van der Waals surface area contributed by atoms with Gasteiger partial charge in [-0.1, -0.05) is 0 Å². The molecule has 2 aliphatic rings. The van der Waals surface area contributed by atoms with Gasteiger partial charge in [0.1, 0.15) is 17.3 Å². The molecule has 2 aromatic carbocycles. The molecule has 1 aliphatic carbocycles. The smallest absolute Gasteiger partial charge is 0.262 e. The Kier molecular flexibility index (Phi) is 5.11. The fourth-order valence-corrected chi connectivity index (χ4v) is 4.46. The predicted molar refractivity (Wildman–Crippen MR) is 115 cm³/mol. The van der Waals surface area contributed by atoms with Gasteiger partial charge in [0.25, 0.3) is 5.91 Å². The molecule has 3 aromatic rings. The van der Waals surface area contributed by atoms with Crippen LogP contribution in [0.2, 0.25) is 0 Å². The molecule has 1 saturated carbocycles. The van der Waals surface area contributed by atoms with Crippen molar-refractivity contribution in [1.29, 1.82) is 0 Å². The van der Waals surface area contributed by atoms with Crippen LogP contribution in [0.3, 0.4) is 0 Å². The van der Waals surface area contributed by atoms with E-state index in [-0.39, 0.29) is 18.2 Å². The van der Waals surface area contributed by atoms with E-state index in [1.54, 1.807) is 10.7 Å². The first-order chi connectivity index (χ1) is 15.1. The van der Waals surface area contributed by atoms with E-state index in [2.05, 4.69) is 10.3 Å². The maximum Gasteiger partial charge on any atom is 0.262 e. The highest BCUT2D eigenvalue weighted by Crippen LogP contribution is 2.33. The fourth-order valence-electron chi connectivity index (χ4n) is 3.61. The molecule has 0 radical (unpaired) electrons. The van der Waals surface area contributed by atoms with E-state index < -0.39 is 11.6 Å². The second kappa shape index (κ2) is 8.07. The van der Waals surface area contributed by atoms with Gasteiger partial charge in [-0.3, -0.25) is 4.79 Å². The number of hydrogen-bond donors (Lipinski definition) is 1. The van der Waals surface area contributed by atoms with Crippen LogP contribution in [0.5, 0.6) is 5.75 Å². The van der Waals surface area contributed by atoms with Gasteiger partial charge in [0, 0.05) is 22.7 Å². The maximum atomic E-state index is 14.2. The van der Waals surface area contributed by atoms with Gasteiger partial charge < -0.3 is 10.1 Å². The third-order valence-electron chi connectivity index (χ3n) is 5.14. The highest BCUT2D eigenvalue weighted by molar-refractivity contribution is 7.07. The zero-order chi connectivity index (χ0) is 21.4. The van der Waals surface area contributed by atoms with Crippen molar-refractivity contribution in [1.82, 2.24) is 4.68 Å². The molecule has 158 valence electrons. The summed E-state index contributed by atoms with van der Waals surface area (Å²) in [5.74, 6) is -0.994. The number of aromatic nitrogens is 1. The number of halogens is 2. The SMILES string of the molecule is O=C1COc2ccc(-c3csc(=Nc4ccc(F)cc4F)n3N=C3CCCC3)cc2N1. The summed E-state index contributed by atoms with van der Waals surface area (Å²) < 4.78 is 34.6. The molecular formula is C22H18F2N4O2S. The quantitative estimate of drug-likeness (QED) is 0.634. The van der Waals surface area contributed by atoms with Crippen LogP contribution in [0.15, 0.2) is 51.9 Å². The average molecular weight is 440 g/mol. The van der Waals surface area contributed by atoms with Gasteiger partial charge in [0.05, 0.1) is 11.4 Å². The molecule has 1 fully saturated rings. The van der Waals surface area contributed by atoms with Crippen LogP contribution in [0.4, 0.5) is 20.2 Å². The van der Waals surface area contributed by atoms with Crippen LogP contribution in [-0.4, -0.2) is 22.9 Å². The number of rotatable bonds is 3. The first-order valence-electron chi connectivity index (χ1n) is 9.91. The number of carbonyl (C=O) groups is 1. The summed E-state index contributed by atoms with van der Waals surface area (Å²) in [7, 11) is 0. The Labute approximate surface area is 180 Å². The normalized spacial score (nSPS) is 16.1. The lowest BCUT2D eigenvalue weighted by atomic mass is 10.1. The number of hydrogen-bond acceptors (Lipinski definition) is 5. The third kappa shape index (κ3) is 4.00. The number of nitrogens with one attached hydrogen (secondary N) is 1. The Morgan fingerprint density at radius 3 is 2.74 bits per heavy atom. The Bertz CT molecular complexity index is 1270. The molecule has 6 nitrogen and oxygen atoms in total. The predicted octanol–water partition coefficient (Wildman–Crippen LogP) is 4.84. The van der Waals surface area contributed by atoms with Crippen LogP contribution >= 0.6 is 11.3 Å². The molecule has 1 aromatic heterocycles. The molecule has 0 spiro atoms.